The quantitative estimate of drug-likeness (QED) is 0.413. The number of carbonyl (C=O) groups is 1. The van der Waals surface area contributed by atoms with Gasteiger partial charge >= 0.3 is 6.09 Å². The SMILES string of the molecule is C#Cc1cn(COCC[Si](C)(C)C)c([C@@H]2CCCN2C(=O)OC(C)(C)C)n1. The van der Waals surface area contributed by atoms with Crippen LogP contribution >= 0.6 is 0 Å². The van der Waals surface area contributed by atoms with Crippen molar-refractivity contribution in [2.75, 3.05) is 13.2 Å². The second-order valence-corrected chi connectivity index (χ2v) is 14.9. The zero-order valence-electron chi connectivity index (χ0n) is 17.5. The summed E-state index contributed by atoms with van der Waals surface area (Å²) < 4.78 is 13.4. The molecule has 0 N–H and O–H groups in total. The van der Waals surface area contributed by atoms with Gasteiger partial charge in [-0.05, 0) is 45.6 Å². The molecular formula is C20H33N3O3Si. The highest BCUT2D eigenvalue weighted by Crippen LogP contribution is 2.33. The number of terminal acetylenes is 1. The molecule has 0 bridgehead atoms. The fraction of sp³-hybridized carbons (Fsp3) is 0.700. The minimum atomic E-state index is -1.14. The normalized spacial score (nSPS) is 17.8. The van der Waals surface area contributed by atoms with Crippen molar-refractivity contribution in [2.45, 2.75) is 77.7 Å². The Hall–Kier alpha value is -1.78. The van der Waals surface area contributed by atoms with Gasteiger partial charge in [0.25, 0.3) is 0 Å². The van der Waals surface area contributed by atoms with Gasteiger partial charge in [0.2, 0.25) is 0 Å². The third-order valence-electron chi connectivity index (χ3n) is 4.36. The summed E-state index contributed by atoms with van der Waals surface area (Å²) in [6.07, 6.45) is 8.84. The molecule has 2 heterocycles. The summed E-state index contributed by atoms with van der Waals surface area (Å²) in [7, 11) is -1.14. The molecule has 0 saturated carbocycles. The van der Waals surface area contributed by atoms with Gasteiger partial charge in [0.1, 0.15) is 23.9 Å². The molecule has 6 nitrogen and oxygen atoms in total. The number of nitrogens with zero attached hydrogens (tertiary/aromatic N) is 3. The van der Waals surface area contributed by atoms with Crippen LogP contribution in [0.3, 0.4) is 0 Å². The molecule has 1 atom stereocenters. The minimum Gasteiger partial charge on any atom is -0.444 e. The first-order valence-corrected chi connectivity index (χ1v) is 13.3. The number of imidazole rings is 1. The molecule has 0 spiro atoms. The van der Waals surface area contributed by atoms with Gasteiger partial charge in [0, 0.05) is 27.4 Å². The number of ether oxygens (including phenoxy) is 2. The Balaban J connectivity index is 2.12. The van der Waals surface area contributed by atoms with Crippen LogP contribution in [-0.2, 0) is 16.2 Å². The first-order valence-electron chi connectivity index (χ1n) is 9.61. The Kier molecular flexibility index (Phi) is 6.76. The molecule has 1 amide bonds. The average molecular weight is 392 g/mol. The highest BCUT2D eigenvalue weighted by atomic mass is 28.3. The second-order valence-electron chi connectivity index (χ2n) is 9.28. The number of amides is 1. The Labute approximate surface area is 164 Å². The zero-order chi connectivity index (χ0) is 20.2. The number of hydrogen-bond donors (Lipinski definition) is 0. The molecule has 1 aromatic heterocycles. The molecule has 27 heavy (non-hydrogen) atoms. The third kappa shape index (κ3) is 6.40. The van der Waals surface area contributed by atoms with E-state index in [0.29, 0.717) is 19.0 Å². The van der Waals surface area contributed by atoms with Crippen LogP contribution in [0.4, 0.5) is 4.79 Å². The predicted molar refractivity (Wildman–Crippen MR) is 109 cm³/mol. The number of likely N-dealkylation sites (tertiary alicyclic amines) is 1. The van der Waals surface area contributed by atoms with E-state index in [9.17, 15) is 4.79 Å². The van der Waals surface area contributed by atoms with Crippen molar-refractivity contribution in [1.29, 1.82) is 0 Å². The van der Waals surface area contributed by atoms with E-state index in [4.69, 9.17) is 15.9 Å². The van der Waals surface area contributed by atoms with Crippen molar-refractivity contribution in [3.05, 3.63) is 17.7 Å². The molecule has 2 rings (SSSR count). The molecule has 1 saturated heterocycles. The standard InChI is InChI=1S/C20H33N3O3Si/c1-8-16-14-22(15-25-12-13-27(5,6)7)18(21-16)17-10-9-11-23(17)19(24)26-20(2,3)4/h1,14,17H,9-13,15H2,2-7H3/t17-/m0/s1. The summed E-state index contributed by atoms with van der Waals surface area (Å²) in [6.45, 7) is 14.4. The van der Waals surface area contributed by atoms with E-state index < -0.39 is 13.7 Å². The first kappa shape index (κ1) is 21.5. The van der Waals surface area contributed by atoms with Crippen molar-refractivity contribution < 1.29 is 14.3 Å². The van der Waals surface area contributed by atoms with Gasteiger partial charge in [-0.25, -0.2) is 9.78 Å². The Bertz CT molecular complexity index is 695. The van der Waals surface area contributed by atoms with E-state index in [2.05, 4.69) is 30.5 Å². The van der Waals surface area contributed by atoms with Crippen molar-refractivity contribution >= 4 is 14.2 Å². The van der Waals surface area contributed by atoms with E-state index in [1.807, 2.05) is 31.5 Å². The lowest BCUT2D eigenvalue weighted by atomic mass is 10.2. The van der Waals surface area contributed by atoms with E-state index >= 15 is 0 Å². The molecule has 1 aliphatic rings. The number of aromatic nitrogens is 2. The molecule has 0 aromatic carbocycles. The van der Waals surface area contributed by atoms with Crippen LogP contribution in [-0.4, -0.2) is 47.4 Å². The Morgan fingerprint density at radius 2 is 2.11 bits per heavy atom. The average Bonchev–Trinajstić information content (AvgIpc) is 3.15. The number of carbonyl (C=O) groups excluding carboxylic acids is 1. The van der Waals surface area contributed by atoms with Crippen LogP contribution in [0.25, 0.3) is 0 Å². The zero-order valence-corrected chi connectivity index (χ0v) is 18.5. The summed E-state index contributed by atoms with van der Waals surface area (Å²) in [5, 5.41) is 0. The molecule has 7 heteroatoms. The predicted octanol–water partition coefficient (Wildman–Crippen LogP) is 4.25. The topological polar surface area (TPSA) is 56.6 Å². The van der Waals surface area contributed by atoms with Crippen LogP contribution in [0, 0.1) is 12.3 Å². The largest absolute Gasteiger partial charge is 0.444 e. The lowest BCUT2D eigenvalue weighted by Gasteiger charge is -2.28. The summed E-state index contributed by atoms with van der Waals surface area (Å²) in [5.74, 6) is 3.37. The van der Waals surface area contributed by atoms with Crippen molar-refractivity contribution in [1.82, 2.24) is 14.5 Å². The summed E-state index contributed by atoms with van der Waals surface area (Å²) in [4.78, 5) is 18.9. The maximum Gasteiger partial charge on any atom is 0.410 e. The van der Waals surface area contributed by atoms with E-state index in [1.54, 1.807) is 4.90 Å². The molecule has 0 unspecified atom stereocenters. The molecule has 1 aliphatic heterocycles. The minimum absolute atomic E-state index is 0.137. The fourth-order valence-corrected chi connectivity index (χ4v) is 3.74. The molecule has 1 fully saturated rings. The van der Waals surface area contributed by atoms with E-state index in [-0.39, 0.29) is 12.1 Å². The first-order chi connectivity index (χ1) is 12.5. The van der Waals surface area contributed by atoms with Crippen molar-refractivity contribution in [3.8, 4) is 12.3 Å². The maximum atomic E-state index is 12.6. The second kappa shape index (κ2) is 8.49. The number of hydrogen-bond acceptors (Lipinski definition) is 4. The molecule has 0 aliphatic carbocycles. The van der Waals surface area contributed by atoms with Gasteiger partial charge in [-0.2, -0.15) is 0 Å². The molecule has 0 radical (unpaired) electrons. The van der Waals surface area contributed by atoms with Crippen LogP contribution < -0.4 is 0 Å². The van der Waals surface area contributed by atoms with Crippen LogP contribution in [0.5, 0.6) is 0 Å². The van der Waals surface area contributed by atoms with Crippen LogP contribution in [0.2, 0.25) is 25.7 Å². The molecule has 150 valence electrons. The van der Waals surface area contributed by atoms with Crippen LogP contribution in [0.1, 0.15) is 51.2 Å². The van der Waals surface area contributed by atoms with E-state index in [0.717, 1.165) is 31.3 Å². The molecule has 1 aromatic rings. The number of rotatable bonds is 6. The van der Waals surface area contributed by atoms with Gasteiger partial charge in [-0.3, -0.25) is 4.90 Å². The van der Waals surface area contributed by atoms with Gasteiger partial charge in [-0.15, -0.1) is 6.42 Å². The third-order valence-corrected chi connectivity index (χ3v) is 6.07. The van der Waals surface area contributed by atoms with Gasteiger partial charge in [0.05, 0.1) is 6.04 Å². The Morgan fingerprint density at radius 3 is 2.70 bits per heavy atom. The lowest BCUT2D eigenvalue weighted by molar-refractivity contribution is 0.0204. The van der Waals surface area contributed by atoms with Gasteiger partial charge < -0.3 is 14.0 Å². The maximum absolute atomic E-state index is 12.6. The smallest absolute Gasteiger partial charge is 0.410 e. The Morgan fingerprint density at radius 1 is 1.41 bits per heavy atom. The fourth-order valence-electron chi connectivity index (χ4n) is 2.98. The highest BCUT2D eigenvalue weighted by Gasteiger charge is 2.36. The van der Waals surface area contributed by atoms with Gasteiger partial charge in [0.15, 0.2) is 0 Å². The van der Waals surface area contributed by atoms with Crippen molar-refractivity contribution in [3.63, 3.8) is 0 Å². The lowest BCUT2D eigenvalue weighted by Crippen LogP contribution is -2.37. The monoisotopic (exact) mass is 391 g/mol. The van der Waals surface area contributed by atoms with Gasteiger partial charge in [-0.1, -0.05) is 19.6 Å². The summed E-state index contributed by atoms with van der Waals surface area (Å²) >= 11 is 0. The highest BCUT2D eigenvalue weighted by molar-refractivity contribution is 6.76. The van der Waals surface area contributed by atoms with Crippen LogP contribution in [0.15, 0.2) is 6.20 Å². The van der Waals surface area contributed by atoms with E-state index in [1.165, 1.54) is 0 Å². The summed E-state index contributed by atoms with van der Waals surface area (Å²) in [5.41, 5.74) is 0.0404. The van der Waals surface area contributed by atoms with Crippen molar-refractivity contribution in [2.24, 2.45) is 0 Å². The summed E-state index contributed by atoms with van der Waals surface area (Å²) in [6, 6.07) is 0.967. The molecular weight excluding hydrogens is 358 g/mol.